The highest BCUT2D eigenvalue weighted by Gasteiger charge is 2.50. The van der Waals surface area contributed by atoms with Gasteiger partial charge in [-0.1, -0.05) is 120 Å². The van der Waals surface area contributed by atoms with E-state index in [1.165, 1.54) is 36.5 Å². The molecule has 33 heteroatoms. The molecule has 0 saturated carbocycles. The molecule has 2 atom stereocenters. The summed E-state index contributed by atoms with van der Waals surface area (Å²) < 4.78 is 203. The monoisotopic (exact) mass is 1270 g/mol. The molecule has 0 aliphatic heterocycles. The maximum absolute atomic E-state index is 12.2. The number of carbonyl (C=O) groups excluding carboxylic acids is 1. The summed E-state index contributed by atoms with van der Waals surface area (Å²) in [6.07, 6.45) is 18.4. The van der Waals surface area contributed by atoms with E-state index in [1.54, 1.807) is 6.08 Å². The van der Waals surface area contributed by atoms with Crippen molar-refractivity contribution in [1.82, 2.24) is 0 Å². The molecule has 426 valence electrons. The Hall–Kier alpha value is -2.51. The average Bonchev–Trinajstić information content (AvgIpc) is 3.18. The van der Waals surface area contributed by atoms with Crippen molar-refractivity contribution in [2.45, 2.75) is 122 Å². The van der Waals surface area contributed by atoms with E-state index in [0.717, 1.165) is 48.7 Å². The number of nitrogens with zero attached hydrogens (tertiary/aromatic N) is 1. The second-order valence-corrected chi connectivity index (χ2v) is 24.1. The molecule has 15 nitrogen and oxygen atoms in total. The summed E-state index contributed by atoms with van der Waals surface area (Å²) in [5, 5.41) is 8.14. The number of ether oxygens (including phenoxy) is 1. The lowest BCUT2D eigenvalue weighted by molar-refractivity contribution is -0.849. The largest absolute Gasteiger partial charge is 0.870 e. The second kappa shape index (κ2) is 37.3. The Bertz CT molecular complexity index is 2110. The number of hydrogen-bond donors (Lipinski definition) is 1. The number of allylic oxidation sites excluding steroid dienone is 7. The molecule has 0 amide bonds. The van der Waals surface area contributed by atoms with Gasteiger partial charge >= 0.3 is 58.8 Å². The highest BCUT2D eigenvalue weighted by atomic mass is 79.9. The molecule has 3 aliphatic carbocycles. The van der Waals surface area contributed by atoms with E-state index in [9.17, 15) is 78.7 Å². The zero-order valence-corrected chi connectivity index (χ0v) is 46.2. The average molecular weight is 1270 g/mol. The van der Waals surface area contributed by atoms with Gasteiger partial charge in [-0.15, -0.1) is 0 Å². The van der Waals surface area contributed by atoms with Gasteiger partial charge < -0.3 is 32.4 Å². The number of carbonyl (C=O) groups is 2. The molecule has 0 heterocycles. The van der Waals surface area contributed by atoms with Gasteiger partial charge in [-0.05, 0) is 62.5 Å². The number of carboxylic acid groups (broad SMARTS) is 1. The highest BCUT2D eigenvalue weighted by molar-refractivity contribution is 9.09. The Morgan fingerprint density at radius 2 is 1.07 bits per heavy atom. The number of esters is 1. The highest BCUT2D eigenvalue weighted by Crippen LogP contribution is 2.31. The molecule has 0 aromatic heterocycles. The molecule has 0 radical (unpaired) electrons. The van der Waals surface area contributed by atoms with Gasteiger partial charge in [-0.3, -0.25) is 14.0 Å². The maximum Gasteiger partial charge on any atom is 0.534 e. The molecular weight excluding hydrogens is 1210 g/mol. The smallest absolute Gasteiger partial charge is 0.534 e. The number of alkyl halides is 15. The minimum absolute atomic E-state index is 0. The van der Waals surface area contributed by atoms with E-state index < -0.39 is 81.1 Å². The van der Waals surface area contributed by atoms with Crippen molar-refractivity contribution in [3.63, 3.8) is 0 Å². The van der Waals surface area contributed by atoms with Crippen LogP contribution in [0.5, 0.6) is 0 Å². The summed E-state index contributed by atoms with van der Waals surface area (Å²) in [5.74, 6) is -2.28. The Morgan fingerprint density at radius 1 is 0.694 bits per heavy atom. The molecule has 0 fully saturated rings. The molecule has 2 unspecified atom stereocenters. The van der Waals surface area contributed by atoms with Gasteiger partial charge in [-0.2, -0.15) is 64.8 Å². The molecule has 0 saturated heterocycles. The fourth-order valence-electron chi connectivity index (χ4n) is 3.85. The predicted octanol–water partition coefficient (Wildman–Crippen LogP) is 12.7. The fraction of sp³-hybridized carbons (Fsp3) is 0.641. The van der Waals surface area contributed by atoms with Crippen molar-refractivity contribution >= 4 is 105 Å². The zero-order chi connectivity index (χ0) is 57.4. The Labute approximate surface area is 443 Å². The lowest BCUT2D eigenvalue weighted by Crippen LogP contribution is -2.27. The standard InChI is InChI=1S/C13H17F3O5S.C7H6BrF3O3S.C7H7F3O3S.C6H12O2.C4H12N.CCl4.CH3F.H2O/c1-2-3-4-8-12(17)20-10-6-5-7-11(9-10)21-22(18,19)13(14,15)16;8-5-1-3-6(4-2-5)14-15(12,13)7(9,10)11;8-7(9,10)14(11,12)13-6-4-2-1-3-5-6;1-2-3-4-5-6(7)8;1-5(2,3)4;2-1(3,4)5;1-2;/h5,7,9-10H,2-4,6,8H2,1H3;1,3-5H,2H2;2,4-5H,1,3H2;2-5H2,1H3,(H,7,8);1-4H3;;1H3;1H2/q;;;;+1;;;/p-1/i;;;;;;1D;. The number of unbranched alkanes of at least 4 members (excludes halogenated alkanes) is 4. The zero-order valence-electron chi connectivity index (χ0n) is 40.2. The van der Waals surface area contributed by atoms with Gasteiger partial charge in [0.25, 0.3) is 3.25 Å². The summed E-state index contributed by atoms with van der Waals surface area (Å²) in [5.41, 5.74) is -16.3. The number of carboxylic acids is 1. The van der Waals surface area contributed by atoms with Crippen LogP contribution in [-0.4, -0.2) is 118 Å². The van der Waals surface area contributed by atoms with Crippen LogP contribution in [0.1, 0.15) is 92.3 Å². The molecule has 0 aromatic carbocycles. The van der Waals surface area contributed by atoms with Gasteiger partial charge in [0, 0.05) is 30.2 Å². The van der Waals surface area contributed by atoms with Crippen LogP contribution in [0.15, 0.2) is 72.0 Å². The third-order valence-corrected chi connectivity index (χ3v) is 10.3. The van der Waals surface area contributed by atoms with Crippen LogP contribution in [0, 0.1) is 0 Å². The van der Waals surface area contributed by atoms with Gasteiger partial charge in [0.1, 0.15) is 23.4 Å². The topological polar surface area (TPSA) is 224 Å². The summed E-state index contributed by atoms with van der Waals surface area (Å²) in [4.78, 5) is 21.4. The van der Waals surface area contributed by atoms with Crippen LogP contribution in [0.4, 0.5) is 43.9 Å². The van der Waals surface area contributed by atoms with Crippen LogP contribution in [0.25, 0.3) is 0 Å². The molecule has 3 rings (SSSR count). The Morgan fingerprint density at radius 3 is 1.40 bits per heavy atom. The quantitative estimate of drug-likeness (QED) is 0.0306. The SMILES string of the molecule is CCCCCC(=O)O.CCCCCC(=O)OC1C=C(OS(=O)(=O)C(F)(F)F)C=CC1.C[N+](C)(C)C.ClC(Cl)(Cl)Cl.O=S(=O)(OC1=CCC(Br)C=C1)C(F)(F)F.O=S(=O)(OC1=CCCC=C1)C(F)(F)F.[2H]CF.[OH-]. The summed E-state index contributed by atoms with van der Waals surface area (Å²) >= 11 is 22.5. The predicted molar refractivity (Wildman–Crippen MR) is 256 cm³/mol. The number of quaternary nitrogens is 1. The molecule has 2 N–H and O–H groups in total. The summed E-state index contributed by atoms with van der Waals surface area (Å²) in [6.45, 7) is 4.03. The second-order valence-electron chi connectivity index (χ2n) is 14.9. The lowest BCUT2D eigenvalue weighted by atomic mass is 10.1. The van der Waals surface area contributed by atoms with Gasteiger partial charge in [-0.25, -0.2) is 0 Å². The van der Waals surface area contributed by atoms with Crippen molar-refractivity contribution in [2.24, 2.45) is 0 Å². The number of hydrogen-bond acceptors (Lipinski definition) is 13. The summed E-state index contributed by atoms with van der Waals surface area (Å²) in [7, 11) is -9.29. The Kier molecular flexibility index (Phi) is 39.3. The number of halogens is 15. The maximum atomic E-state index is 12.2. The van der Waals surface area contributed by atoms with E-state index in [0.29, 0.717) is 32.1 Å². The number of aliphatic carboxylic acids is 1. The molecule has 3 aliphatic rings. The first kappa shape index (κ1) is 76.0. The van der Waals surface area contributed by atoms with Crippen molar-refractivity contribution in [3.05, 3.63) is 72.0 Å². The van der Waals surface area contributed by atoms with Gasteiger partial charge in [0.15, 0.2) is 0 Å². The first-order chi connectivity index (χ1) is 32.4. The van der Waals surface area contributed by atoms with Crippen molar-refractivity contribution in [1.29, 1.82) is 0 Å². The molecule has 0 aromatic rings. The minimum Gasteiger partial charge on any atom is -0.870 e. The normalized spacial score (nSPS) is 16.8. The van der Waals surface area contributed by atoms with Crippen LogP contribution in [-0.2, 0) is 57.2 Å². The molecule has 0 bridgehead atoms. The van der Waals surface area contributed by atoms with Crippen LogP contribution in [0.3, 0.4) is 0 Å². The van der Waals surface area contributed by atoms with Crippen molar-refractivity contribution in [2.75, 3.05) is 35.3 Å². The minimum atomic E-state index is -5.73. The van der Waals surface area contributed by atoms with E-state index in [-0.39, 0.29) is 34.7 Å². The molecule has 0 spiro atoms. The summed E-state index contributed by atoms with van der Waals surface area (Å²) in [6, 6.07) is 0. The van der Waals surface area contributed by atoms with Gasteiger partial charge in [0.05, 0.1) is 36.7 Å². The first-order valence-electron chi connectivity index (χ1n) is 20.7. The molecular formula is C39H58BrCl4F10NO14S3. The van der Waals surface area contributed by atoms with E-state index in [2.05, 4.69) is 63.6 Å². The lowest BCUT2D eigenvalue weighted by Gasteiger charge is -2.18. The Balaban J connectivity index is -0.000000268. The van der Waals surface area contributed by atoms with E-state index >= 15 is 0 Å². The fourth-order valence-corrected chi connectivity index (χ4v) is 5.59. The van der Waals surface area contributed by atoms with Gasteiger partial charge in [0.2, 0.25) is 0 Å². The number of rotatable bonds is 15. The third kappa shape index (κ3) is 44.9. The third-order valence-electron chi connectivity index (χ3n) is 6.70. The van der Waals surface area contributed by atoms with Crippen LogP contribution < -0.4 is 0 Å². The van der Waals surface area contributed by atoms with Crippen molar-refractivity contribution in [3.8, 4) is 0 Å². The molecule has 72 heavy (non-hydrogen) atoms. The van der Waals surface area contributed by atoms with Crippen LogP contribution >= 0.6 is 62.3 Å². The first-order valence-corrected chi connectivity index (χ1v) is 26.6. The van der Waals surface area contributed by atoms with E-state index in [4.69, 9.17) is 57.6 Å². The van der Waals surface area contributed by atoms with Crippen molar-refractivity contribution < 1.29 is 112 Å². The van der Waals surface area contributed by atoms with Crippen LogP contribution in [0.2, 0.25) is 0 Å². The van der Waals surface area contributed by atoms with E-state index in [1.807, 2.05) is 6.92 Å².